The van der Waals surface area contributed by atoms with Crippen molar-refractivity contribution >= 4 is 17.4 Å². The van der Waals surface area contributed by atoms with E-state index in [4.69, 9.17) is 11.5 Å². The van der Waals surface area contributed by atoms with Crippen molar-refractivity contribution in [1.29, 1.82) is 0 Å². The first kappa shape index (κ1) is 12.7. The molecule has 0 spiro atoms. The summed E-state index contributed by atoms with van der Waals surface area (Å²) in [5.41, 5.74) is 12.6. The molecule has 4 N–H and O–H groups in total. The molecule has 5 heteroatoms. The van der Waals surface area contributed by atoms with Crippen molar-refractivity contribution < 1.29 is 4.79 Å². The molecule has 0 saturated heterocycles. The number of primary amides is 1. The first-order valence-corrected chi connectivity index (χ1v) is 6.36. The maximum atomic E-state index is 11.2. The summed E-state index contributed by atoms with van der Waals surface area (Å²) in [6, 6.07) is 4.07. The first-order chi connectivity index (χ1) is 8.58. The number of nitrogen functional groups attached to an aromatic ring is 1. The standard InChI is InChI=1S/C13H20N4O/c1-9-11(14)6-7-13(16-9)17(8-12(15)18)10-4-2-3-5-10/h6-7,10H,2-5,8,14H2,1H3,(H2,15,18). The van der Waals surface area contributed by atoms with E-state index >= 15 is 0 Å². The quantitative estimate of drug-likeness (QED) is 0.838. The van der Waals surface area contributed by atoms with E-state index in [-0.39, 0.29) is 12.5 Å². The zero-order valence-electron chi connectivity index (χ0n) is 10.7. The summed E-state index contributed by atoms with van der Waals surface area (Å²) in [5.74, 6) is 0.477. The second-order valence-corrected chi connectivity index (χ2v) is 4.88. The zero-order valence-corrected chi connectivity index (χ0v) is 10.7. The molecule has 0 aliphatic heterocycles. The summed E-state index contributed by atoms with van der Waals surface area (Å²) < 4.78 is 0. The summed E-state index contributed by atoms with van der Waals surface area (Å²) in [4.78, 5) is 17.7. The molecule has 1 aliphatic carbocycles. The second-order valence-electron chi connectivity index (χ2n) is 4.88. The number of carbonyl (C=O) groups is 1. The van der Waals surface area contributed by atoms with Gasteiger partial charge in [0.25, 0.3) is 0 Å². The average molecular weight is 248 g/mol. The highest BCUT2D eigenvalue weighted by atomic mass is 16.1. The predicted molar refractivity (Wildman–Crippen MR) is 72.2 cm³/mol. The summed E-state index contributed by atoms with van der Waals surface area (Å²) in [6.07, 6.45) is 4.60. The molecule has 0 unspecified atom stereocenters. The molecular formula is C13H20N4O. The zero-order chi connectivity index (χ0) is 13.1. The van der Waals surface area contributed by atoms with Crippen LogP contribution in [-0.4, -0.2) is 23.5 Å². The number of hydrogen-bond donors (Lipinski definition) is 2. The topological polar surface area (TPSA) is 85.2 Å². The number of aryl methyl sites for hydroxylation is 1. The van der Waals surface area contributed by atoms with Gasteiger partial charge in [-0.2, -0.15) is 0 Å². The molecule has 0 atom stereocenters. The van der Waals surface area contributed by atoms with Crippen LogP contribution in [0.15, 0.2) is 12.1 Å². The van der Waals surface area contributed by atoms with Crippen molar-refractivity contribution in [3.63, 3.8) is 0 Å². The number of nitrogens with zero attached hydrogens (tertiary/aromatic N) is 2. The van der Waals surface area contributed by atoms with Gasteiger partial charge in [0.1, 0.15) is 5.82 Å². The Kier molecular flexibility index (Phi) is 3.69. The Morgan fingerprint density at radius 3 is 2.67 bits per heavy atom. The fraction of sp³-hybridized carbons (Fsp3) is 0.538. The van der Waals surface area contributed by atoms with Crippen LogP contribution in [0.1, 0.15) is 31.4 Å². The van der Waals surface area contributed by atoms with Crippen molar-refractivity contribution in [2.75, 3.05) is 17.2 Å². The lowest BCUT2D eigenvalue weighted by Crippen LogP contribution is -2.40. The Labute approximate surface area is 107 Å². The minimum atomic E-state index is -0.321. The first-order valence-electron chi connectivity index (χ1n) is 6.36. The van der Waals surface area contributed by atoms with E-state index in [0.717, 1.165) is 24.4 Å². The Morgan fingerprint density at radius 1 is 1.44 bits per heavy atom. The highest BCUT2D eigenvalue weighted by molar-refractivity contribution is 5.79. The van der Waals surface area contributed by atoms with E-state index in [9.17, 15) is 4.79 Å². The fourth-order valence-corrected chi connectivity index (χ4v) is 2.50. The number of nitrogens with two attached hydrogens (primary N) is 2. The van der Waals surface area contributed by atoms with Crippen LogP contribution in [0, 0.1) is 6.92 Å². The molecule has 98 valence electrons. The molecule has 1 heterocycles. The lowest BCUT2D eigenvalue weighted by molar-refractivity contribution is -0.116. The Hall–Kier alpha value is -1.78. The van der Waals surface area contributed by atoms with Crippen LogP contribution in [-0.2, 0) is 4.79 Å². The molecule has 1 saturated carbocycles. The van der Waals surface area contributed by atoms with Crippen molar-refractivity contribution in [1.82, 2.24) is 4.98 Å². The van der Waals surface area contributed by atoms with Gasteiger partial charge in [0.2, 0.25) is 5.91 Å². The van der Waals surface area contributed by atoms with Gasteiger partial charge in [0, 0.05) is 6.04 Å². The van der Waals surface area contributed by atoms with Crippen molar-refractivity contribution in [3.8, 4) is 0 Å². The summed E-state index contributed by atoms with van der Waals surface area (Å²) in [7, 11) is 0. The van der Waals surface area contributed by atoms with E-state index in [0.29, 0.717) is 11.7 Å². The van der Waals surface area contributed by atoms with Gasteiger partial charge in [-0.05, 0) is 31.9 Å². The number of aromatic nitrogens is 1. The van der Waals surface area contributed by atoms with E-state index in [2.05, 4.69) is 4.98 Å². The largest absolute Gasteiger partial charge is 0.397 e. The number of amides is 1. The molecule has 1 aliphatic rings. The summed E-state index contributed by atoms with van der Waals surface area (Å²) in [6.45, 7) is 2.09. The second kappa shape index (κ2) is 5.25. The normalized spacial score (nSPS) is 15.8. The van der Waals surface area contributed by atoms with Crippen LogP contribution in [0.3, 0.4) is 0 Å². The monoisotopic (exact) mass is 248 g/mol. The molecule has 1 fully saturated rings. The van der Waals surface area contributed by atoms with Gasteiger partial charge >= 0.3 is 0 Å². The lowest BCUT2D eigenvalue weighted by atomic mass is 10.2. The van der Waals surface area contributed by atoms with E-state index in [1.54, 1.807) is 0 Å². The van der Waals surface area contributed by atoms with Crippen LogP contribution in [0.25, 0.3) is 0 Å². The van der Waals surface area contributed by atoms with Gasteiger partial charge < -0.3 is 16.4 Å². The molecule has 2 rings (SSSR count). The van der Waals surface area contributed by atoms with Gasteiger partial charge in [-0.25, -0.2) is 4.98 Å². The van der Waals surface area contributed by atoms with E-state index in [1.807, 2.05) is 24.0 Å². The smallest absolute Gasteiger partial charge is 0.237 e. The van der Waals surface area contributed by atoms with Gasteiger partial charge in [0.05, 0.1) is 17.9 Å². The fourth-order valence-electron chi connectivity index (χ4n) is 2.50. The van der Waals surface area contributed by atoms with Gasteiger partial charge in [-0.1, -0.05) is 12.8 Å². The third-order valence-electron chi connectivity index (χ3n) is 3.50. The third-order valence-corrected chi connectivity index (χ3v) is 3.50. The summed E-state index contributed by atoms with van der Waals surface area (Å²) in [5, 5.41) is 0. The SMILES string of the molecule is Cc1nc(N(CC(N)=O)C2CCCC2)ccc1N. The maximum Gasteiger partial charge on any atom is 0.237 e. The number of rotatable bonds is 4. The molecule has 5 nitrogen and oxygen atoms in total. The number of pyridine rings is 1. The molecule has 0 bridgehead atoms. The molecule has 1 aromatic rings. The molecule has 0 aromatic carbocycles. The van der Waals surface area contributed by atoms with Crippen LogP contribution in [0.2, 0.25) is 0 Å². The minimum absolute atomic E-state index is 0.223. The van der Waals surface area contributed by atoms with E-state index < -0.39 is 0 Å². The lowest BCUT2D eigenvalue weighted by Gasteiger charge is -2.29. The highest BCUT2D eigenvalue weighted by Crippen LogP contribution is 2.27. The highest BCUT2D eigenvalue weighted by Gasteiger charge is 2.25. The van der Waals surface area contributed by atoms with E-state index in [1.165, 1.54) is 12.8 Å². The van der Waals surface area contributed by atoms with Gasteiger partial charge in [-0.15, -0.1) is 0 Å². The predicted octanol–water partition coefficient (Wildman–Crippen LogP) is 1.21. The van der Waals surface area contributed by atoms with Crippen molar-refractivity contribution in [3.05, 3.63) is 17.8 Å². The minimum Gasteiger partial charge on any atom is -0.397 e. The van der Waals surface area contributed by atoms with Gasteiger partial charge in [0.15, 0.2) is 0 Å². The Bertz CT molecular complexity index is 441. The van der Waals surface area contributed by atoms with Crippen molar-refractivity contribution in [2.24, 2.45) is 5.73 Å². The van der Waals surface area contributed by atoms with Gasteiger partial charge in [-0.3, -0.25) is 4.79 Å². The molecule has 18 heavy (non-hydrogen) atoms. The van der Waals surface area contributed by atoms with Crippen LogP contribution < -0.4 is 16.4 Å². The average Bonchev–Trinajstić information content (AvgIpc) is 2.83. The number of hydrogen-bond acceptors (Lipinski definition) is 4. The number of carbonyl (C=O) groups excluding carboxylic acids is 1. The third kappa shape index (κ3) is 2.72. The molecule has 1 amide bonds. The summed E-state index contributed by atoms with van der Waals surface area (Å²) >= 11 is 0. The maximum absolute atomic E-state index is 11.2. The molecule has 1 aromatic heterocycles. The molecule has 0 radical (unpaired) electrons. The number of anilines is 2. The van der Waals surface area contributed by atoms with Crippen LogP contribution >= 0.6 is 0 Å². The van der Waals surface area contributed by atoms with Crippen LogP contribution in [0.4, 0.5) is 11.5 Å². The van der Waals surface area contributed by atoms with Crippen LogP contribution in [0.5, 0.6) is 0 Å². The Balaban J connectivity index is 2.26. The molecular weight excluding hydrogens is 228 g/mol. The van der Waals surface area contributed by atoms with Crippen molar-refractivity contribution in [2.45, 2.75) is 38.6 Å². The Morgan fingerprint density at radius 2 is 2.11 bits per heavy atom.